The smallest absolute Gasteiger partial charge is 0.0623 e. The van der Waals surface area contributed by atoms with Crippen molar-refractivity contribution in [1.29, 1.82) is 0 Å². The van der Waals surface area contributed by atoms with E-state index in [9.17, 15) is 5.11 Å². The van der Waals surface area contributed by atoms with Crippen molar-refractivity contribution in [1.82, 2.24) is 15.1 Å². The summed E-state index contributed by atoms with van der Waals surface area (Å²) in [6.45, 7) is 12.1. The van der Waals surface area contributed by atoms with Crippen LogP contribution in [0.5, 0.6) is 0 Å². The highest BCUT2D eigenvalue weighted by Crippen LogP contribution is 2.18. The van der Waals surface area contributed by atoms with Gasteiger partial charge in [-0.15, -0.1) is 0 Å². The number of hydrogen-bond donors (Lipinski definition) is 2. The molecule has 0 saturated carbocycles. The first-order chi connectivity index (χ1) is 9.04. The Labute approximate surface area is 119 Å². The summed E-state index contributed by atoms with van der Waals surface area (Å²) in [5.74, 6) is 0. The van der Waals surface area contributed by atoms with Crippen LogP contribution in [0, 0.1) is 0 Å². The van der Waals surface area contributed by atoms with Gasteiger partial charge in [0.1, 0.15) is 0 Å². The number of aliphatic hydroxyl groups excluding tert-OH is 1. The molecule has 1 saturated heterocycles. The molecule has 0 bridgehead atoms. The van der Waals surface area contributed by atoms with Crippen LogP contribution in [-0.2, 0) is 0 Å². The van der Waals surface area contributed by atoms with Crippen molar-refractivity contribution in [2.24, 2.45) is 0 Å². The summed E-state index contributed by atoms with van der Waals surface area (Å²) in [5.41, 5.74) is -0.180. The molecule has 1 heterocycles. The Morgan fingerprint density at radius 1 is 1.42 bits per heavy atom. The second kappa shape index (κ2) is 8.20. The largest absolute Gasteiger partial charge is 0.394 e. The number of rotatable bonds is 9. The van der Waals surface area contributed by atoms with Crippen LogP contribution in [-0.4, -0.2) is 72.9 Å². The van der Waals surface area contributed by atoms with Crippen LogP contribution in [0.1, 0.15) is 40.0 Å². The molecule has 0 aromatic heterocycles. The normalized spacial score (nSPS) is 24.0. The number of hydrogen-bond acceptors (Lipinski definition) is 4. The predicted octanol–water partition coefficient (Wildman–Crippen LogP) is 1.15. The molecule has 0 spiro atoms. The van der Waals surface area contributed by atoms with E-state index >= 15 is 0 Å². The van der Waals surface area contributed by atoms with Crippen molar-refractivity contribution in [2.75, 3.05) is 46.4 Å². The zero-order valence-electron chi connectivity index (χ0n) is 13.3. The van der Waals surface area contributed by atoms with Gasteiger partial charge in [-0.05, 0) is 52.9 Å². The Balaban J connectivity index is 2.41. The lowest BCUT2D eigenvalue weighted by Gasteiger charge is -2.35. The van der Waals surface area contributed by atoms with E-state index in [4.69, 9.17) is 0 Å². The molecule has 0 aliphatic carbocycles. The zero-order chi connectivity index (χ0) is 14.3. The minimum absolute atomic E-state index is 0.180. The monoisotopic (exact) mass is 271 g/mol. The Bertz CT molecular complexity index is 250. The fraction of sp³-hybridized carbons (Fsp3) is 1.00. The molecule has 2 atom stereocenters. The van der Waals surface area contributed by atoms with E-state index in [-0.39, 0.29) is 12.1 Å². The minimum atomic E-state index is -0.180. The second-order valence-corrected chi connectivity index (χ2v) is 6.27. The third-order valence-electron chi connectivity index (χ3n) is 4.20. The first kappa shape index (κ1) is 16.9. The first-order valence-electron chi connectivity index (χ1n) is 7.83. The lowest BCUT2D eigenvalue weighted by atomic mass is 10.0. The van der Waals surface area contributed by atoms with Gasteiger partial charge in [0, 0.05) is 19.1 Å². The van der Waals surface area contributed by atoms with Crippen LogP contribution in [0.25, 0.3) is 0 Å². The Kier molecular flexibility index (Phi) is 7.29. The molecule has 4 heteroatoms. The molecular weight excluding hydrogens is 238 g/mol. The molecule has 0 aromatic rings. The van der Waals surface area contributed by atoms with E-state index in [0.29, 0.717) is 6.04 Å². The van der Waals surface area contributed by atoms with Gasteiger partial charge < -0.3 is 15.3 Å². The van der Waals surface area contributed by atoms with Gasteiger partial charge in [-0.25, -0.2) is 0 Å². The highest BCUT2D eigenvalue weighted by Gasteiger charge is 2.28. The number of aliphatic hydroxyl groups is 1. The summed E-state index contributed by atoms with van der Waals surface area (Å²) in [7, 11) is 2.17. The van der Waals surface area contributed by atoms with E-state index in [1.807, 2.05) is 0 Å². The van der Waals surface area contributed by atoms with Gasteiger partial charge in [0.2, 0.25) is 0 Å². The molecular formula is C15H33N3O. The molecule has 2 unspecified atom stereocenters. The maximum atomic E-state index is 9.62. The van der Waals surface area contributed by atoms with Crippen molar-refractivity contribution in [2.45, 2.75) is 51.6 Å². The van der Waals surface area contributed by atoms with Crippen LogP contribution in [0.15, 0.2) is 0 Å². The number of likely N-dealkylation sites (tertiary alicyclic amines) is 1. The highest BCUT2D eigenvalue weighted by atomic mass is 16.3. The maximum Gasteiger partial charge on any atom is 0.0623 e. The lowest BCUT2D eigenvalue weighted by molar-refractivity contribution is 0.116. The van der Waals surface area contributed by atoms with Crippen LogP contribution in [0.4, 0.5) is 0 Å². The third kappa shape index (κ3) is 5.38. The third-order valence-corrected chi connectivity index (χ3v) is 4.20. The topological polar surface area (TPSA) is 38.7 Å². The van der Waals surface area contributed by atoms with E-state index in [0.717, 1.165) is 32.6 Å². The van der Waals surface area contributed by atoms with Crippen LogP contribution >= 0.6 is 0 Å². The lowest BCUT2D eigenvalue weighted by Crippen LogP contribution is -2.55. The predicted molar refractivity (Wildman–Crippen MR) is 81.6 cm³/mol. The molecule has 0 radical (unpaired) electrons. The van der Waals surface area contributed by atoms with Gasteiger partial charge in [-0.3, -0.25) is 4.90 Å². The highest BCUT2D eigenvalue weighted by molar-refractivity contribution is 4.88. The summed E-state index contributed by atoms with van der Waals surface area (Å²) in [4.78, 5) is 4.95. The van der Waals surface area contributed by atoms with Crippen molar-refractivity contribution >= 4 is 0 Å². The molecule has 1 rings (SSSR count). The summed E-state index contributed by atoms with van der Waals surface area (Å²) in [5, 5.41) is 13.1. The van der Waals surface area contributed by atoms with E-state index < -0.39 is 0 Å². The van der Waals surface area contributed by atoms with Gasteiger partial charge in [0.25, 0.3) is 0 Å². The van der Waals surface area contributed by atoms with Crippen LogP contribution in [0.3, 0.4) is 0 Å². The first-order valence-corrected chi connectivity index (χ1v) is 7.83. The van der Waals surface area contributed by atoms with E-state index in [1.54, 1.807) is 0 Å². The van der Waals surface area contributed by atoms with Crippen molar-refractivity contribution in [3.8, 4) is 0 Å². The summed E-state index contributed by atoms with van der Waals surface area (Å²) in [6, 6.07) is 0.698. The summed E-state index contributed by atoms with van der Waals surface area (Å²) >= 11 is 0. The molecule has 114 valence electrons. The number of nitrogens with zero attached hydrogens (tertiary/aromatic N) is 2. The molecule has 0 aromatic carbocycles. The second-order valence-electron chi connectivity index (χ2n) is 6.27. The summed E-state index contributed by atoms with van der Waals surface area (Å²) in [6.07, 6.45) is 3.75. The van der Waals surface area contributed by atoms with Crippen LogP contribution < -0.4 is 5.32 Å². The fourth-order valence-corrected chi connectivity index (χ4v) is 3.13. The average Bonchev–Trinajstić information content (AvgIpc) is 2.83. The molecule has 2 N–H and O–H groups in total. The molecule has 0 amide bonds. The zero-order valence-corrected chi connectivity index (χ0v) is 13.3. The van der Waals surface area contributed by atoms with Crippen molar-refractivity contribution < 1.29 is 5.11 Å². The fourth-order valence-electron chi connectivity index (χ4n) is 3.13. The van der Waals surface area contributed by atoms with E-state index in [2.05, 4.69) is 42.9 Å². The van der Waals surface area contributed by atoms with Gasteiger partial charge in [-0.2, -0.15) is 0 Å². The Hall–Kier alpha value is -0.160. The number of likely N-dealkylation sites (N-methyl/N-ethyl adjacent to an activating group) is 2. The average molecular weight is 271 g/mol. The summed E-state index contributed by atoms with van der Waals surface area (Å²) < 4.78 is 0. The van der Waals surface area contributed by atoms with Crippen molar-refractivity contribution in [3.05, 3.63) is 0 Å². The molecule has 1 aliphatic rings. The molecule has 19 heavy (non-hydrogen) atoms. The standard InChI is InChI=1S/C15H33N3O/c1-5-9-16-15(3,13-19)12-17(4)11-14-8-7-10-18(14)6-2/h14,16,19H,5-13H2,1-4H3. The van der Waals surface area contributed by atoms with Gasteiger partial charge in [-0.1, -0.05) is 13.8 Å². The quantitative estimate of drug-likeness (QED) is 0.660. The maximum absolute atomic E-state index is 9.62. The SMILES string of the molecule is CCCNC(C)(CO)CN(C)CC1CCCN1CC. The minimum Gasteiger partial charge on any atom is -0.394 e. The molecule has 1 fully saturated rings. The van der Waals surface area contributed by atoms with Crippen LogP contribution in [0.2, 0.25) is 0 Å². The number of nitrogens with one attached hydrogen (secondary N) is 1. The molecule has 1 aliphatic heterocycles. The molecule has 4 nitrogen and oxygen atoms in total. The van der Waals surface area contributed by atoms with Crippen molar-refractivity contribution in [3.63, 3.8) is 0 Å². The Morgan fingerprint density at radius 3 is 2.74 bits per heavy atom. The Morgan fingerprint density at radius 2 is 2.16 bits per heavy atom. The van der Waals surface area contributed by atoms with E-state index in [1.165, 1.54) is 19.4 Å². The van der Waals surface area contributed by atoms with Gasteiger partial charge >= 0.3 is 0 Å². The van der Waals surface area contributed by atoms with Gasteiger partial charge in [0.15, 0.2) is 0 Å². The van der Waals surface area contributed by atoms with Gasteiger partial charge in [0.05, 0.1) is 12.1 Å².